The molecule has 2 aromatic rings. The van der Waals surface area contributed by atoms with Gasteiger partial charge in [0.15, 0.2) is 0 Å². The molecule has 2 rings (SSSR count). The zero-order valence-electron chi connectivity index (χ0n) is 15.1. The van der Waals surface area contributed by atoms with Crippen LogP contribution in [0.3, 0.4) is 0 Å². The van der Waals surface area contributed by atoms with Crippen LogP contribution in [0.4, 0.5) is 13.2 Å². The van der Waals surface area contributed by atoms with E-state index < -0.39 is 23.8 Å². The van der Waals surface area contributed by atoms with Crippen molar-refractivity contribution in [2.45, 2.75) is 51.7 Å². The standard InChI is InChI=1S/C20H24F3NO2/c1-4-15(17-11-12-18(26-17)20(21,22)23)16(5-2)19(25)24-13(3)14-9-7-6-8-10-14/h6-13,15-16H,4-5H2,1-3H3,(H,24,25)/t13-,15+,16+/m0/s1. The third kappa shape index (κ3) is 4.68. The summed E-state index contributed by atoms with van der Waals surface area (Å²) in [7, 11) is 0. The first-order chi connectivity index (χ1) is 12.3. The third-order valence-electron chi connectivity index (χ3n) is 4.63. The Kier molecular flexibility index (Phi) is 6.51. The number of rotatable bonds is 7. The van der Waals surface area contributed by atoms with Crippen LogP contribution < -0.4 is 5.32 Å². The Morgan fingerprint density at radius 3 is 2.23 bits per heavy atom. The number of benzene rings is 1. The molecule has 1 aromatic heterocycles. The van der Waals surface area contributed by atoms with E-state index in [1.165, 1.54) is 6.07 Å². The van der Waals surface area contributed by atoms with E-state index in [-0.39, 0.29) is 17.7 Å². The molecule has 0 fully saturated rings. The van der Waals surface area contributed by atoms with E-state index in [4.69, 9.17) is 4.42 Å². The SMILES string of the molecule is CC[C@@H](C(=O)N[C@@H](C)c1ccccc1)[C@@H](CC)c1ccc(C(F)(F)F)o1. The van der Waals surface area contributed by atoms with Gasteiger partial charge >= 0.3 is 6.18 Å². The minimum Gasteiger partial charge on any atom is -0.456 e. The van der Waals surface area contributed by atoms with Gasteiger partial charge in [-0.15, -0.1) is 0 Å². The van der Waals surface area contributed by atoms with Crippen LogP contribution in [0.2, 0.25) is 0 Å². The van der Waals surface area contributed by atoms with Crippen molar-refractivity contribution in [2.24, 2.45) is 5.92 Å². The quantitative estimate of drug-likeness (QED) is 0.682. The number of hydrogen-bond acceptors (Lipinski definition) is 2. The van der Waals surface area contributed by atoms with Crippen LogP contribution in [0.15, 0.2) is 46.9 Å². The Balaban J connectivity index is 2.16. The molecule has 0 spiro atoms. The summed E-state index contributed by atoms with van der Waals surface area (Å²) in [6.45, 7) is 5.58. The van der Waals surface area contributed by atoms with Crippen molar-refractivity contribution in [2.75, 3.05) is 0 Å². The lowest BCUT2D eigenvalue weighted by Gasteiger charge is -2.25. The van der Waals surface area contributed by atoms with Crippen LogP contribution in [0.25, 0.3) is 0 Å². The summed E-state index contributed by atoms with van der Waals surface area (Å²) in [6.07, 6.45) is -3.51. The molecule has 0 aliphatic heterocycles. The first-order valence-corrected chi connectivity index (χ1v) is 8.80. The van der Waals surface area contributed by atoms with Crippen LogP contribution in [-0.2, 0) is 11.0 Å². The normalized spacial score (nSPS) is 15.3. The van der Waals surface area contributed by atoms with E-state index in [9.17, 15) is 18.0 Å². The average Bonchev–Trinajstić information content (AvgIpc) is 3.10. The third-order valence-corrected chi connectivity index (χ3v) is 4.63. The predicted molar refractivity (Wildman–Crippen MR) is 93.5 cm³/mol. The monoisotopic (exact) mass is 367 g/mol. The second kappa shape index (κ2) is 8.43. The van der Waals surface area contributed by atoms with Crippen LogP contribution in [-0.4, -0.2) is 5.91 Å². The average molecular weight is 367 g/mol. The number of hydrogen-bond donors (Lipinski definition) is 1. The summed E-state index contributed by atoms with van der Waals surface area (Å²) >= 11 is 0. The summed E-state index contributed by atoms with van der Waals surface area (Å²) in [5.74, 6) is -1.87. The van der Waals surface area contributed by atoms with Gasteiger partial charge in [0.1, 0.15) is 5.76 Å². The van der Waals surface area contributed by atoms with Crippen LogP contribution in [0.5, 0.6) is 0 Å². The van der Waals surface area contributed by atoms with Gasteiger partial charge in [-0.1, -0.05) is 44.2 Å². The lowest BCUT2D eigenvalue weighted by molar-refractivity contribution is -0.153. The molecule has 3 atom stereocenters. The first kappa shape index (κ1) is 20.1. The number of carbonyl (C=O) groups is 1. The largest absolute Gasteiger partial charge is 0.456 e. The lowest BCUT2D eigenvalue weighted by atomic mass is 9.85. The van der Waals surface area contributed by atoms with Gasteiger partial charge in [-0.2, -0.15) is 13.2 Å². The molecule has 1 N–H and O–H groups in total. The molecule has 6 heteroatoms. The van der Waals surface area contributed by atoms with Crippen LogP contribution in [0, 0.1) is 5.92 Å². The van der Waals surface area contributed by atoms with Gasteiger partial charge in [0, 0.05) is 11.8 Å². The summed E-state index contributed by atoms with van der Waals surface area (Å²) in [5.41, 5.74) is 0.973. The molecule has 26 heavy (non-hydrogen) atoms. The molecule has 3 nitrogen and oxygen atoms in total. The fraction of sp³-hybridized carbons (Fsp3) is 0.450. The molecule has 0 unspecified atom stereocenters. The molecule has 0 radical (unpaired) electrons. The van der Waals surface area contributed by atoms with Crippen molar-refractivity contribution in [1.82, 2.24) is 5.32 Å². The zero-order chi connectivity index (χ0) is 19.3. The van der Waals surface area contributed by atoms with E-state index in [1.54, 1.807) is 0 Å². The first-order valence-electron chi connectivity index (χ1n) is 8.80. The van der Waals surface area contributed by atoms with Crippen molar-refractivity contribution in [3.05, 3.63) is 59.5 Å². The summed E-state index contributed by atoms with van der Waals surface area (Å²) < 4.78 is 43.4. The maximum atomic E-state index is 12.8. The van der Waals surface area contributed by atoms with Crippen molar-refractivity contribution < 1.29 is 22.4 Å². The van der Waals surface area contributed by atoms with E-state index >= 15 is 0 Å². The number of carbonyl (C=O) groups excluding carboxylic acids is 1. The molecular weight excluding hydrogens is 343 g/mol. The highest BCUT2D eigenvalue weighted by atomic mass is 19.4. The van der Waals surface area contributed by atoms with E-state index in [1.807, 2.05) is 51.1 Å². The van der Waals surface area contributed by atoms with Gasteiger partial charge in [0.05, 0.1) is 6.04 Å². The van der Waals surface area contributed by atoms with E-state index in [2.05, 4.69) is 5.32 Å². The Morgan fingerprint density at radius 2 is 1.73 bits per heavy atom. The fourth-order valence-corrected chi connectivity index (χ4v) is 3.19. The highest BCUT2D eigenvalue weighted by Crippen LogP contribution is 2.37. The zero-order valence-corrected chi connectivity index (χ0v) is 15.1. The lowest BCUT2D eigenvalue weighted by Crippen LogP contribution is -2.35. The molecule has 142 valence electrons. The van der Waals surface area contributed by atoms with Crippen molar-refractivity contribution in [3.63, 3.8) is 0 Å². The number of nitrogens with one attached hydrogen (secondary N) is 1. The summed E-state index contributed by atoms with van der Waals surface area (Å²) in [5, 5.41) is 2.97. The molecule has 0 bridgehead atoms. The Bertz CT molecular complexity index is 709. The van der Waals surface area contributed by atoms with Gasteiger partial charge in [-0.25, -0.2) is 0 Å². The van der Waals surface area contributed by atoms with Gasteiger partial charge < -0.3 is 9.73 Å². The van der Waals surface area contributed by atoms with Crippen LogP contribution in [0.1, 0.15) is 62.7 Å². The minimum absolute atomic E-state index is 0.180. The highest BCUT2D eigenvalue weighted by Gasteiger charge is 2.37. The molecule has 0 aliphatic rings. The van der Waals surface area contributed by atoms with Crippen LogP contribution >= 0.6 is 0 Å². The Labute approximate surface area is 151 Å². The maximum absolute atomic E-state index is 12.8. The molecule has 1 aromatic carbocycles. The summed E-state index contributed by atoms with van der Waals surface area (Å²) in [6, 6.07) is 11.6. The predicted octanol–water partition coefficient (Wildman–Crippen LogP) is 5.70. The summed E-state index contributed by atoms with van der Waals surface area (Å²) in [4.78, 5) is 12.8. The molecular formula is C20H24F3NO2. The minimum atomic E-state index is -4.53. The molecule has 0 aliphatic carbocycles. The second-order valence-electron chi connectivity index (χ2n) is 6.37. The van der Waals surface area contributed by atoms with E-state index in [0.717, 1.165) is 11.6 Å². The Morgan fingerprint density at radius 1 is 1.08 bits per heavy atom. The van der Waals surface area contributed by atoms with Gasteiger partial charge in [-0.3, -0.25) is 4.79 Å². The number of furan rings is 1. The van der Waals surface area contributed by atoms with E-state index in [0.29, 0.717) is 12.8 Å². The number of alkyl halides is 3. The molecule has 1 heterocycles. The van der Waals surface area contributed by atoms with Crippen molar-refractivity contribution in [3.8, 4) is 0 Å². The number of amides is 1. The maximum Gasteiger partial charge on any atom is 0.449 e. The Hall–Kier alpha value is -2.24. The van der Waals surface area contributed by atoms with Crippen molar-refractivity contribution in [1.29, 1.82) is 0 Å². The van der Waals surface area contributed by atoms with Gasteiger partial charge in [0.25, 0.3) is 0 Å². The number of halogens is 3. The fourth-order valence-electron chi connectivity index (χ4n) is 3.19. The smallest absolute Gasteiger partial charge is 0.449 e. The van der Waals surface area contributed by atoms with Gasteiger partial charge in [-0.05, 0) is 37.5 Å². The molecule has 0 saturated heterocycles. The van der Waals surface area contributed by atoms with Gasteiger partial charge in [0.2, 0.25) is 11.7 Å². The second-order valence-corrected chi connectivity index (χ2v) is 6.37. The molecule has 0 saturated carbocycles. The van der Waals surface area contributed by atoms with Crippen molar-refractivity contribution >= 4 is 5.91 Å². The topological polar surface area (TPSA) is 42.2 Å². The molecule has 1 amide bonds. The highest BCUT2D eigenvalue weighted by molar-refractivity contribution is 5.80.